The molecule has 1 heterocycles. The number of aliphatic carboxylic acids is 1. The predicted octanol–water partition coefficient (Wildman–Crippen LogP) is 1.78. The zero-order chi connectivity index (χ0) is 14.9. The smallest absolute Gasteiger partial charge is 0.326 e. The molecule has 0 saturated carbocycles. The van der Waals surface area contributed by atoms with Crippen molar-refractivity contribution in [2.45, 2.75) is 32.7 Å². The second-order valence-corrected chi connectivity index (χ2v) is 5.54. The Bertz CT molecular complexity index is 542. The van der Waals surface area contributed by atoms with Gasteiger partial charge in [-0.2, -0.15) is 0 Å². The first-order chi connectivity index (χ1) is 9.40. The van der Waals surface area contributed by atoms with Gasteiger partial charge in [0.05, 0.1) is 0 Å². The maximum Gasteiger partial charge on any atom is 0.326 e. The number of piperidine rings is 1. The van der Waals surface area contributed by atoms with E-state index in [-0.39, 0.29) is 0 Å². The van der Waals surface area contributed by atoms with E-state index in [1.54, 1.807) is 12.1 Å². The number of aryl methyl sites for hydroxylation is 1. The molecule has 5 heteroatoms. The molecule has 0 spiro atoms. The van der Waals surface area contributed by atoms with E-state index in [1.165, 1.54) is 0 Å². The van der Waals surface area contributed by atoms with Crippen molar-refractivity contribution >= 4 is 17.6 Å². The van der Waals surface area contributed by atoms with Crippen LogP contribution in [0.15, 0.2) is 18.2 Å². The highest BCUT2D eigenvalue weighted by Gasteiger charge is 2.32. The predicted molar refractivity (Wildman–Crippen MR) is 76.9 cm³/mol. The van der Waals surface area contributed by atoms with Crippen molar-refractivity contribution in [3.05, 3.63) is 29.3 Å². The highest BCUT2D eigenvalue weighted by Crippen LogP contribution is 2.29. The summed E-state index contributed by atoms with van der Waals surface area (Å²) in [6.07, 6.45) is 1.62. The summed E-state index contributed by atoms with van der Waals surface area (Å²) in [5, 5.41) is 9.38. The Morgan fingerprint density at radius 1 is 1.40 bits per heavy atom. The van der Waals surface area contributed by atoms with E-state index >= 15 is 0 Å². The van der Waals surface area contributed by atoms with Crippen LogP contribution < -0.4 is 10.6 Å². The average molecular weight is 276 g/mol. The number of nitrogens with zero attached hydrogens (tertiary/aromatic N) is 1. The third-order valence-electron chi connectivity index (χ3n) is 3.96. The van der Waals surface area contributed by atoms with Gasteiger partial charge in [0.15, 0.2) is 0 Å². The van der Waals surface area contributed by atoms with Gasteiger partial charge in [0.25, 0.3) is 0 Å². The Morgan fingerprint density at radius 3 is 2.65 bits per heavy atom. The number of carboxylic acid groups (broad SMARTS) is 1. The summed E-state index contributed by atoms with van der Waals surface area (Å²) in [4.78, 5) is 24.6. The molecule has 20 heavy (non-hydrogen) atoms. The monoisotopic (exact) mass is 276 g/mol. The summed E-state index contributed by atoms with van der Waals surface area (Å²) in [6, 6.07) is 4.78. The molecule has 0 aliphatic carbocycles. The molecule has 1 aliphatic heterocycles. The van der Waals surface area contributed by atoms with Gasteiger partial charge in [-0.25, -0.2) is 4.79 Å². The number of primary amides is 1. The first-order valence-electron chi connectivity index (χ1n) is 6.80. The quantitative estimate of drug-likeness (QED) is 0.881. The van der Waals surface area contributed by atoms with E-state index in [9.17, 15) is 14.7 Å². The van der Waals surface area contributed by atoms with Crippen LogP contribution in [-0.4, -0.2) is 29.6 Å². The van der Waals surface area contributed by atoms with E-state index in [0.29, 0.717) is 24.4 Å². The fourth-order valence-corrected chi connectivity index (χ4v) is 2.79. The average Bonchev–Trinajstić information content (AvgIpc) is 2.37. The Kier molecular flexibility index (Phi) is 3.97. The Morgan fingerprint density at radius 2 is 2.10 bits per heavy atom. The van der Waals surface area contributed by atoms with Gasteiger partial charge in [-0.15, -0.1) is 0 Å². The van der Waals surface area contributed by atoms with Crippen LogP contribution in [0.25, 0.3) is 0 Å². The molecule has 2 rings (SSSR count). The molecule has 1 aliphatic rings. The normalized spacial score (nSPS) is 22.6. The minimum absolute atomic E-state index is 0.415. The van der Waals surface area contributed by atoms with Crippen molar-refractivity contribution in [1.82, 2.24) is 0 Å². The second-order valence-electron chi connectivity index (χ2n) is 5.54. The number of anilines is 1. The largest absolute Gasteiger partial charge is 0.480 e. The lowest BCUT2D eigenvalue weighted by molar-refractivity contribution is -0.139. The zero-order valence-electron chi connectivity index (χ0n) is 11.8. The van der Waals surface area contributed by atoms with Crippen molar-refractivity contribution in [2.75, 3.05) is 11.4 Å². The number of carbonyl (C=O) groups is 2. The summed E-state index contributed by atoms with van der Waals surface area (Å²) in [7, 11) is 0. The maximum atomic E-state index is 11.4. The molecule has 108 valence electrons. The lowest BCUT2D eigenvalue weighted by atomic mass is 9.91. The third kappa shape index (κ3) is 2.76. The Balaban J connectivity index is 2.32. The first-order valence-corrected chi connectivity index (χ1v) is 6.80. The van der Waals surface area contributed by atoms with Gasteiger partial charge in [-0.05, 0) is 49.4 Å². The van der Waals surface area contributed by atoms with Crippen molar-refractivity contribution in [3.8, 4) is 0 Å². The van der Waals surface area contributed by atoms with Gasteiger partial charge in [0, 0.05) is 17.8 Å². The minimum atomic E-state index is -0.798. The number of carboxylic acids is 1. The van der Waals surface area contributed by atoms with Crippen LogP contribution in [0.5, 0.6) is 0 Å². The van der Waals surface area contributed by atoms with Gasteiger partial charge in [0.1, 0.15) is 6.04 Å². The van der Waals surface area contributed by atoms with E-state index < -0.39 is 17.9 Å². The van der Waals surface area contributed by atoms with E-state index in [0.717, 1.165) is 17.7 Å². The van der Waals surface area contributed by atoms with Crippen LogP contribution >= 0.6 is 0 Å². The summed E-state index contributed by atoms with van der Waals surface area (Å²) in [6.45, 7) is 4.61. The number of benzene rings is 1. The van der Waals surface area contributed by atoms with Gasteiger partial charge >= 0.3 is 5.97 Å². The first kappa shape index (κ1) is 14.4. The lowest BCUT2D eigenvalue weighted by Gasteiger charge is -2.37. The summed E-state index contributed by atoms with van der Waals surface area (Å²) in [5.41, 5.74) is 7.38. The molecule has 1 aromatic rings. The fraction of sp³-hybridized carbons (Fsp3) is 0.467. The van der Waals surface area contributed by atoms with Crippen molar-refractivity contribution in [3.63, 3.8) is 0 Å². The van der Waals surface area contributed by atoms with E-state index in [4.69, 9.17) is 5.73 Å². The van der Waals surface area contributed by atoms with Crippen LogP contribution in [0.1, 0.15) is 35.7 Å². The molecule has 1 fully saturated rings. The highest BCUT2D eigenvalue weighted by molar-refractivity contribution is 5.94. The van der Waals surface area contributed by atoms with Crippen molar-refractivity contribution in [1.29, 1.82) is 0 Å². The van der Waals surface area contributed by atoms with Crippen LogP contribution in [0.4, 0.5) is 5.69 Å². The van der Waals surface area contributed by atoms with Gasteiger partial charge in [0.2, 0.25) is 5.91 Å². The number of rotatable bonds is 3. The Labute approximate surface area is 118 Å². The second kappa shape index (κ2) is 5.53. The molecule has 0 aromatic heterocycles. The van der Waals surface area contributed by atoms with Gasteiger partial charge in [-0.1, -0.05) is 6.92 Å². The molecule has 0 radical (unpaired) electrons. The number of hydrogen-bond acceptors (Lipinski definition) is 3. The summed E-state index contributed by atoms with van der Waals surface area (Å²) < 4.78 is 0. The number of nitrogens with two attached hydrogens (primary N) is 1. The van der Waals surface area contributed by atoms with E-state index in [1.807, 2.05) is 17.9 Å². The molecule has 0 bridgehead atoms. The van der Waals surface area contributed by atoms with Crippen LogP contribution in [0.3, 0.4) is 0 Å². The highest BCUT2D eigenvalue weighted by atomic mass is 16.4. The third-order valence-corrected chi connectivity index (χ3v) is 3.96. The standard InChI is InChI=1S/C15H20N2O3/c1-9-5-6-17(13(7-9)15(19)20)11-3-4-12(14(16)18)10(2)8-11/h3-4,8-9,13H,5-7H2,1-2H3,(H2,16,18)(H,19,20). The van der Waals surface area contributed by atoms with Crippen molar-refractivity contribution < 1.29 is 14.7 Å². The fourth-order valence-electron chi connectivity index (χ4n) is 2.79. The van der Waals surface area contributed by atoms with Crippen LogP contribution in [0, 0.1) is 12.8 Å². The van der Waals surface area contributed by atoms with Crippen LogP contribution in [0.2, 0.25) is 0 Å². The molecule has 1 saturated heterocycles. The minimum Gasteiger partial charge on any atom is -0.480 e. The molecule has 1 amide bonds. The summed E-state index contributed by atoms with van der Waals surface area (Å²) in [5.74, 6) is -0.845. The molecular weight excluding hydrogens is 256 g/mol. The molecular formula is C15H20N2O3. The van der Waals surface area contributed by atoms with Gasteiger partial charge in [-0.3, -0.25) is 4.79 Å². The molecule has 2 unspecified atom stereocenters. The Hall–Kier alpha value is -2.04. The number of amides is 1. The zero-order valence-corrected chi connectivity index (χ0v) is 11.8. The molecule has 5 nitrogen and oxygen atoms in total. The SMILES string of the molecule is Cc1cc(N2CCC(C)CC2C(=O)O)ccc1C(N)=O. The molecule has 2 atom stereocenters. The topological polar surface area (TPSA) is 83.6 Å². The van der Waals surface area contributed by atoms with Crippen molar-refractivity contribution in [2.24, 2.45) is 11.7 Å². The molecule has 3 N–H and O–H groups in total. The number of hydrogen-bond donors (Lipinski definition) is 2. The number of carbonyl (C=O) groups excluding carboxylic acids is 1. The van der Waals surface area contributed by atoms with E-state index in [2.05, 4.69) is 6.92 Å². The lowest BCUT2D eigenvalue weighted by Crippen LogP contribution is -2.47. The van der Waals surface area contributed by atoms with Crippen LogP contribution in [-0.2, 0) is 4.79 Å². The molecule has 1 aromatic carbocycles. The summed E-state index contributed by atoms with van der Waals surface area (Å²) >= 11 is 0. The van der Waals surface area contributed by atoms with Gasteiger partial charge < -0.3 is 15.7 Å². The maximum absolute atomic E-state index is 11.4.